The van der Waals surface area contributed by atoms with Crippen LogP contribution < -0.4 is 5.11 Å². The largest absolute Gasteiger partial charge is 0.550 e. The highest BCUT2D eigenvalue weighted by Gasteiger charge is 2.18. The van der Waals surface area contributed by atoms with Crippen molar-refractivity contribution in [2.24, 2.45) is 0 Å². The van der Waals surface area contributed by atoms with Crippen LogP contribution in [0.1, 0.15) is 23.5 Å². The van der Waals surface area contributed by atoms with Crippen LogP contribution in [0.4, 0.5) is 0 Å². The van der Waals surface area contributed by atoms with E-state index in [0.717, 1.165) is 22.0 Å². The summed E-state index contributed by atoms with van der Waals surface area (Å²) in [5, 5.41) is 13.3. The van der Waals surface area contributed by atoms with Crippen molar-refractivity contribution < 1.29 is 9.90 Å². The first-order chi connectivity index (χ1) is 10.5. The van der Waals surface area contributed by atoms with Gasteiger partial charge in [-0.1, -0.05) is 35.3 Å². The summed E-state index contributed by atoms with van der Waals surface area (Å²) in [6, 6.07) is 12.7. The Hall–Kier alpha value is -1.97. The third-order valence-corrected chi connectivity index (χ3v) is 4.18. The van der Waals surface area contributed by atoms with Crippen LogP contribution in [0.15, 0.2) is 48.7 Å². The molecule has 0 fully saturated rings. The Kier molecular flexibility index (Phi) is 4.10. The monoisotopic (exact) mass is 332 g/mol. The average molecular weight is 333 g/mol. The highest BCUT2D eigenvalue weighted by Crippen LogP contribution is 2.34. The second-order valence-corrected chi connectivity index (χ2v) is 5.99. The summed E-state index contributed by atoms with van der Waals surface area (Å²) in [6.07, 6.45) is 1.71. The van der Waals surface area contributed by atoms with Gasteiger partial charge in [-0.2, -0.15) is 0 Å². The quantitative estimate of drug-likeness (QED) is 0.791. The number of rotatable bonds is 4. The van der Waals surface area contributed by atoms with Crippen molar-refractivity contribution in [3.05, 3.63) is 69.8 Å². The van der Waals surface area contributed by atoms with Gasteiger partial charge in [0.2, 0.25) is 0 Å². The lowest BCUT2D eigenvalue weighted by Gasteiger charge is -2.18. The maximum Gasteiger partial charge on any atom is 0.0458 e. The topological polar surface area (TPSA) is 55.9 Å². The van der Waals surface area contributed by atoms with Crippen LogP contribution in [0, 0.1) is 0 Å². The molecule has 112 valence electrons. The van der Waals surface area contributed by atoms with Crippen molar-refractivity contribution in [1.82, 2.24) is 4.98 Å². The first-order valence-corrected chi connectivity index (χ1v) is 7.52. The lowest BCUT2D eigenvalue weighted by Crippen LogP contribution is -2.24. The van der Waals surface area contributed by atoms with Crippen LogP contribution in [0.5, 0.6) is 0 Å². The Labute approximate surface area is 137 Å². The van der Waals surface area contributed by atoms with Crippen molar-refractivity contribution in [1.29, 1.82) is 0 Å². The number of aromatic nitrogens is 1. The smallest absolute Gasteiger partial charge is 0.0458 e. The van der Waals surface area contributed by atoms with Gasteiger partial charge >= 0.3 is 0 Å². The standard InChI is InChI=1S/C17H13Cl2NO2/c18-11-3-1-10(2-4-11)13(8-17(21)22)15-9-20-16-6-5-12(19)7-14(15)16/h1-7,9,13,20H,8H2,(H,21,22)/p-1/t13-/m0/s1. The molecule has 1 aromatic heterocycles. The van der Waals surface area contributed by atoms with E-state index in [1.807, 2.05) is 30.5 Å². The van der Waals surface area contributed by atoms with Crippen molar-refractivity contribution in [2.75, 3.05) is 0 Å². The minimum atomic E-state index is -1.10. The molecule has 0 radical (unpaired) electrons. The number of hydrogen-bond donors (Lipinski definition) is 1. The number of carboxylic acids is 1. The maximum absolute atomic E-state index is 11.2. The van der Waals surface area contributed by atoms with E-state index >= 15 is 0 Å². The summed E-state index contributed by atoms with van der Waals surface area (Å²) in [4.78, 5) is 14.3. The van der Waals surface area contributed by atoms with Crippen LogP contribution in [0.2, 0.25) is 10.0 Å². The van der Waals surface area contributed by atoms with Gasteiger partial charge in [-0.3, -0.25) is 0 Å². The Morgan fingerprint density at radius 1 is 1.09 bits per heavy atom. The molecule has 0 unspecified atom stereocenters. The molecule has 0 saturated heterocycles. The van der Waals surface area contributed by atoms with Crippen molar-refractivity contribution >= 4 is 40.1 Å². The van der Waals surface area contributed by atoms with Crippen molar-refractivity contribution in [2.45, 2.75) is 12.3 Å². The van der Waals surface area contributed by atoms with Crippen LogP contribution >= 0.6 is 23.2 Å². The Morgan fingerprint density at radius 2 is 1.77 bits per heavy atom. The van der Waals surface area contributed by atoms with E-state index in [1.165, 1.54) is 0 Å². The van der Waals surface area contributed by atoms with Gasteiger partial charge < -0.3 is 14.9 Å². The molecule has 0 aliphatic heterocycles. The first kappa shape index (κ1) is 14.9. The first-order valence-electron chi connectivity index (χ1n) is 6.76. The summed E-state index contributed by atoms with van der Waals surface area (Å²) in [6.45, 7) is 0. The van der Waals surface area contributed by atoms with Crippen LogP contribution in [-0.2, 0) is 4.79 Å². The molecule has 5 heteroatoms. The molecule has 0 bridgehead atoms. The molecular formula is C17H12Cl2NO2-. The van der Waals surface area contributed by atoms with Gasteiger partial charge in [-0.25, -0.2) is 0 Å². The maximum atomic E-state index is 11.2. The van der Waals surface area contributed by atoms with Gasteiger partial charge in [0.25, 0.3) is 0 Å². The van der Waals surface area contributed by atoms with Gasteiger partial charge in [0.05, 0.1) is 0 Å². The van der Waals surface area contributed by atoms with E-state index in [1.54, 1.807) is 18.2 Å². The number of carbonyl (C=O) groups excluding carboxylic acids is 1. The molecule has 1 heterocycles. The van der Waals surface area contributed by atoms with Gasteiger partial charge in [0.1, 0.15) is 0 Å². The van der Waals surface area contributed by atoms with Gasteiger partial charge in [-0.05, 0) is 47.9 Å². The molecule has 0 spiro atoms. The van der Waals surface area contributed by atoms with Crippen molar-refractivity contribution in [3.8, 4) is 0 Å². The van der Waals surface area contributed by atoms with E-state index in [-0.39, 0.29) is 12.3 Å². The van der Waals surface area contributed by atoms with E-state index in [2.05, 4.69) is 4.98 Å². The lowest BCUT2D eigenvalue weighted by molar-refractivity contribution is -0.305. The summed E-state index contributed by atoms with van der Waals surface area (Å²) in [5.41, 5.74) is 2.66. The molecule has 0 aliphatic carbocycles. The van der Waals surface area contributed by atoms with Gasteiger partial charge in [0, 0.05) is 39.0 Å². The van der Waals surface area contributed by atoms with E-state index in [4.69, 9.17) is 23.2 Å². The molecule has 0 aliphatic rings. The number of hydrogen-bond acceptors (Lipinski definition) is 2. The normalized spacial score (nSPS) is 12.5. The van der Waals surface area contributed by atoms with E-state index in [0.29, 0.717) is 10.0 Å². The molecule has 3 nitrogen and oxygen atoms in total. The number of aliphatic carboxylic acids is 1. The molecule has 3 aromatic rings. The Balaban J connectivity index is 2.13. The van der Waals surface area contributed by atoms with E-state index < -0.39 is 5.97 Å². The third kappa shape index (κ3) is 2.96. The molecule has 22 heavy (non-hydrogen) atoms. The minimum absolute atomic E-state index is 0.110. The zero-order valence-electron chi connectivity index (χ0n) is 11.5. The SMILES string of the molecule is O=C([O-])C[C@@H](c1ccc(Cl)cc1)c1c[nH]c2ccc(Cl)cc12. The highest BCUT2D eigenvalue weighted by molar-refractivity contribution is 6.31. The Bertz CT molecular complexity index is 824. The number of nitrogens with one attached hydrogen (secondary N) is 1. The molecular weight excluding hydrogens is 321 g/mol. The molecule has 0 saturated carbocycles. The summed E-state index contributed by atoms with van der Waals surface area (Å²) < 4.78 is 0. The van der Waals surface area contributed by atoms with Crippen LogP contribution in [0.3, 0.4) is 0 Å². The fourth-order valence-electron chi connectivity index (χ4n) is 2.67. The fraction of sp³-hybridized carbons (Fsp3) is 0.118. The molecule has 3 rings (SSSR count). The highest BCUT2D eigenvalue weighted by atomic mass is 35.5. The predicted octanol–water partition coefficient (Wildman–Crippen LogP) is 3.75. The number of aromatic amines is 1. The third-order valence-electron chi connectivity index (χ3n) is 3.69. The number of carboxylic acid groups (broad SMARTS) is 1. The minimum Gasteiger partial charge on any atom is -0.550 e. The zero-order chi connectivity index (χ0) is 15.7. The predicted molar refractivity (Wildman–Crippen MR) is 86.2 cm³/mol. The summed E-state index contributed by atoms with van der Waals surface area (Å²) in [5.74, 6) is -1.43. The van der Waals surface area contributed by atoms with Gasteiger partial charge in [0.15, 0.2) is 0 Å². The number of halogens is 2. The average Bonchev–Trinajstić information content (AvgIpc) is 2.88. The van der Waals surface area contributed by atoms with Crippen LogP contribution in [0.25, 0.3) is 10.9 Å². The van der Waals surface area contributed by atoms with Gasteiger partial charge in [-0.15, -0.1) is 0 Å². The second kappa shape index (κ2) is 6.03. The lowest BCUT2D eigenvalue weighted by atomic mass is 9.88. The summed E-state index contributed by atoms with van der Waals surface area (Å²) >= 11 is 12.0. The number of fused-ring (bicyclic) bond motifs is 1. The zero-order valence-corrected chi connectivity index (χ0v) is 13.0. The van der Waals surface area contributed by atoms with E-state index in [9.17, 15) is 9.90 Å². The summed E-state index contributed by atoms with van der Waals surface area (Å²) in [7, 11) is 0. The molecule has 2 aromatic carbocycles. The Morgan fingerprint density at radius 3 is 2.45 bits per heavy atom. The number of benzene rings is 2. The molecule has 1 N–H and O–H groups in total. The molecule has 0 amide bonds. The van der Waals surface area contributed by atoms with Crippen LogP contribution in [-0.4, -0.2) is 11.0 Å². The second-order valence-electron chi connectivity index (χ2n) is 5.11. The van der Waals surface area contributed by atoms with Crippen molar-refractivity contribution in [3.63, 3.8) is 0 Å². The fourth-order valence-corrected chi connectivity index (χ4v) is 2.97. The number of carbonyl (C=O) groups is 1. The number of H-pyrrole nitrogens is 1. The molecule has 1 atom stereocenters.